The van der Waals surface area contributed by atoms with Crippen molar-refractivity contribution in [1.29, 1.82) is 0 Å². The van der Waals surface area contributed by atoms with Crippen LogP contribution in [0.15, 0.2) is 0 Å². The first-order chi connectivity index (χ1) is 10.1. The summed E-state index contributed by atoms with van der Waals surface area (Å²) in [7, 11) is 0. The molecule has 0 amide bonds. The zero-order valence-corrected chi connectivity index (χ0v) is 14.3. The number of unbranched alkanes of at least 4 members (excludes halogenated alkanes) is 14. The quantitative estimate of drug-likeness (QED) is 0.282. The average Bonchev–Trinajstić information content (AvgIpc) is 2.42. The summed E-state index contributed by atoms with van der Waals surface area (Å²) in [4.78, 5) is 0. The molecule has 128 valence electrons. The maximum absolute atomic E-state index is 8.95. The smallest absolute Gasteiger partial charge is 0.219 e. The highest BCUT2D eigenvalue weighted by molar-refractivity contribution is 4.55. The number of hydrogen-bond donors (Lipinski definition) is 3. The van der Waals surface area contributed by atoms with Crippen LogP contribution in [0.4, 0.5) is 0 Å². The van der Waals surface area contributed by atoms with Gasteiger partial charge in [0.2, 0.25) is 5.91 Å². The van der Waals surface area contributed by atoms with Gasteiger partial charge in [0, 0.05) is 6.42 Å². The molecule has 0 fully saturated rings. The van der Waals surface area contributed by atoms with E-state index in [2.05, 4.69) is 6.92 Å². The molecule has 0 aliphatic rings. The number of rotatable bonds is 16. The Kier molecular flexibility index (Phi) is 14.7. The molecule has 3 heteroatoms. The van der Waals surface area contributed by atoms with E-state index in [9.17, 15) is 0 Å². The summed E-state index contributed by atoms with van der Waals surface area (Å²) >= 11 is 0. The minimum absolute atomic E-state index is 0.283. The average molecular weight is 302 g/mol. The van der Waals surface area contributed by atoms with Crippen LogP contribution in [-0.4, -0.2) is 16.1 Å². The van der Waals surface area contributed by atoms with E-state index in [4.69, 9.17) is 15.9 Å². The normalized spacial score (nSPS) is 12.0. The molecular formula is C18H39NO2. The van der Waals surface area contributed by atoms with Gasteiger partial charge in [-0.1, -0.05) is 96.8 Å². The molecule has 0 aromatic heterocycles. The van der Waals surface area contributed by atoms with Crippen molar-refractivity contribution in [3.8, 4) is 0 Å². The SMILES string of the molecule is CCCCCCCCCCCCCCCCCC(N)(O)O. The molecule has 0 aromatic rings. The Balaban J connectivity index is 3.00. The monoisotopic (exact) mass is 301 g/mol. The Bertz CT molecular complexity index is 202. The van der Waals surface area contributed by atoms with Crippen LogP contribution < -0.4 is 5.73 Å². The zero-order valence-electron chi connectivity index (χ0n) is 14.3. The lowest BCUT2D eigenvalue weighted by Crippen LogP contribution is -2.38. The van der Waals surface area contributed by atoms with Gasteiger partial charge >= 0.3 is 0 Å². The zero-order chi connectivity index (χ0) is 15.8. The first-order valence-corrected chi connectivity index (χ1v) is 9.30. The molecule has 0 bridgehead atoms. The lowest BCUT2D eigenvalue weighted by Gasteiger charge is -2.14. The van der Waals surface area contributed by atoms with Crippen molar-refractivity contribution in [3.05, 3.63) is 0 Å². The Morgan fingerprint density at radius 2 is 0.857 bits per heavy atom. The molecule has 0 heterocycles. The Morgan fingerprint density at radius 3 is 1.14 bits per heavy atom. The summed E-state index contributed by atoms with van der Waals surface area (Å²) in [6.07, 6.45) is 19.9. The van der Waals surface area contributed by atoms with Gasteiger partial charge in [-0.15, -0.1) is 0 Å². The first kappa shape index (κ1) is 20.9. The van der Waals surface area contributed by atoms with E-state index in [1.54, 1.807) is 0 Å². The van der Waals surface area contributed by atoms with E-state index in [1.807, 2.05) is 0 Å². The van der Waals surface area contributed by atoms with Gasteiger partial charge in [0.25, 0.3) is 0 Å². The molecular weight excluding hydrogens is 262 g/mol. The topological polar surface area (TPSA) is 66.5 Å². The Labute approximate surface area is 132 Å². The molecule has 0 spiro atoms. The largest absolute Gasteiger partial charge is 0.354 e. The second-order valence-corrected chi connectivity index (χ2v) is 6.58. The molecule has 0 rings (SSSR count). The second kappa shape index (κ2) is 14.8. The highest BCUT2D eigenvalue weighted by Gasteiger charge is 2.13. The fourth-order valence-electron chi connectivity index (χ4n) is 2.76. The molecule has 21 heavy (non-hydrogen) atoms. The van der Waals surface area contributed by atoms with E-state index >= 15 is 0 Å². The van der Waals surface area contributed by atoms with Crippen LogP contribution in [0.3, 0.4) is 0 Å². The predicted octanol–water partition coefficient (Wildman–Crippen LogP) is 4.85. The van der Waals surface area contributed by atoms with Gasteiger partial charge in [-0.25, -0.2) is 0 Å². The van der Waals surface area contributed by atoms with Crippen LogP contribution in [0.5, 0.6) is 0 Å². The van der Waals surface area contributed by atoms with E-state index in [1.165, 1.54) is 83.5 Å². The van der Waals surface area contributed by atoms with Gasteiger partial charge < -0.3 is 10.2 Å². The lowest BCUT2D eigenvalue weighted by molar-refractivity contribution is -0.160. The third-order valence-electron chi connectivity index (χ3n) is 4.15. The fourth-order valence-corrected chi connectivity index (χ4v) is 2.76. The van der Waals surface area contributed by atoms with Gasteiger partial charge in [-0.05, 0) is 6.42 Å². The van der Waals surface area contributed by atoms with Crippen LogP contribution in [-0.2, 0) is 0 Å². The van der Waals surface area contributed by atoms with Crippen molar-refractivity contribution in [2.75, 3.05) is 0 Å². The molecule has 0 aliphatic heterocycles. The minimum Gasteiger partial charge on any atom is -0.354 e. The van der Waals surface area contributed by atoms with Gasteiger partial charge in [0.15, 0.2) is 0 Å². The predicted molar refractivity (Wildman–Crippen MR) is 90.9 cm³/mol. The molecule has 0 aliphatic carbocycles. The van der Waals surface area contributed by atoms with Crippen LogP contribution in [0.2, 0.25) is 0 Å². The molecule has 3 nitrogen and oxygen atoms in total. The van der Waals surface area contributed by atoms with Crippen molar-refractivity contribution in [2.45, 2.75) is 116 Å². The summed E-state index contributed by atoms with van der Waals surface area (Å²) < 4.78 is 0. The maximum atomic E-state index is 8.95. The highest BCUT2D eigenvalue weighted by atomic mass is 16.5. The Hall–Kier alpha value is -0.120. The van der Waals surface area contributed by atoms with Crippen molar-refractivity contribution in [2.24, 2.45) is 5.73 Å². The summed E-state index contributed by atoms with van der Waals surface area (Å²) in [5.74, 6) is -1.96. The number of nitrogens with two attached hydrogens (primary N) is 1. The molecule has 0 saturated heterocycles. The Morgan fingerprint density at radius 1 is 0.571 bits per heavy atom. The van der Waals surface area contributed by atoms with Crippen LogP contribution in [0.25, 0.3) is 0 Å². The van der Waals surface area contributed by atoms with Crippen LogP contribution in [0, 0.1) is 0 Å². The standard InChI is InChI=1S/C18H39NO2/c1-2-3-4-5-6-7-8-9-10-11-12-13-14-15-16-17-18(19,20)21/h20-21H,2-17,19H2,1H3. The molecule has 4 N–H and O–H groups in total. The van der Waals surface area contributed by atoms with Gasteiger partial charge in [-0.2, -0.15) is 0 Å². The lowest BCUT2D eigenvalue weighted by atomic mass is 10.0. The second-order valence-electron chi connectivity index (χ2n) is 6.58. The van der Waals surface area contributed by atoms with Crippen molar-refractivity contribution >= 4 is 0 Å². The maximum Gasteiger partial charge on any atom is 0.219 e. The number of hydrogen-bond acceptors (Lipinski definition) is 3. The van der Waals surface area contributed by atoms with Crippen molar-refractivity contribution in [1.82, 2.24) is 0 Å². The minimum atomic E-state index is -1.96. The summed E-state index contributed by atoms with van der Waals surface area (Å²) in [6.45, 7) is 2.27. The van der Waals surface area contributed by atoms with E-state index in [-0.39, 0.29) is 6.42 Å². The van der Waals surface area contributed by atoms with Crippen molar-refractivity contribution in [3.63, 3.8) is 0 Å². The van der Waals surface area contributed by atoms with Crippen LogP contribution in [0.1, 0.15) is 110 Å². The van der Waals surface area contributed by atoms with Gasteiger partial charge in [0.1, 0.15) is 0 Å². The van der Waals surface area contributed by atoms with Crippen LogP contribution >= 0.6 is 0 Å². The summed E-state index contributed by atoms with van der Waals surface area (Å²) in [6, 6.07) is 0. The molecule has 0 unspecified atom stereocenters. The van der Waals surface area contributed by atoms with Crippen molar-refractivity contribution < 1.29 is 10.2 Å². The molecule has 0 radical (unpaired) electrons. The summed E-state index contributed by atoms with van der Waals surface area (Å²) in [5, 5.41) is 17.9. The van der Waals surface area contributed by atoms with E-state index in [0.29, 0.717) is 0 Å². The number of aliphatic hydroxyl groups is 2. The molecule has 0 aromatic carbocycles. The molecule has 0 atom stereocenters. The summed E-state index contributed by atoms with van der Waals surface area (Å²) in [5.41, 5.74) is 5.10. The third-order valence-corrected chi connectivity index (χ3v) is 4.15. The van der Waals surface area contributed by atoms with E-state index in [0.717, 1.165) is 12.8 Å². The van der Waals surface area contributed by atoms with E-state index < -0.39 is 5.91 Å². The molecule has 0 saturated carbocycles. The third kappa shape index (κ3) is 19.9. The fraction of sp³-hybridized carbons (Fsp3) is 1.00. The highest BCUT2D eigenvalue weighted by Crippen LogP contribution is 2.14. The first-order valence-electron chi connectivity index (χ1n) is 9.30. The van der Waals surface area contributed by atoms with Gasteiger partial charge in [-0.3, -0.25) is 5.73 Å². The van der Waals surface area contributed by atoms with Gasteiger partial charge in [0.05, 0.1) is 0 Å².